The molecule has 2 aliphatic heterocycles. The van der Waals surface area contributed by atoms with Gasteiger partial charge in [-0.05, 0) is 44.7 Å². The molecule has 4 heterocycles. The zero-order valence-corrected chi connectivity index (χ0v) is 17.2. The van der Waals surface area contributed by atoms with Crippen molar-refractivity contribution in [3.05, 3.63) is 53.4 Å². The van der Waals surface area contributed by atoms with Crippen LogP contribution in [0.2, 0.25) is 0 Å². The molecule has 1 N–H and O–H groups in total. The number of hydrogen-bond acceptors (Lipinski definition) is 4. The van der Waals surface area contributed by atoms with Crippen LogP contribution >= 0.6 is 0 Å². The second kappa shape index (κ2) is 7.63. The summed E-state index contributed by atoms with van der Waals surface area (Å²) in [7, 11) is 0. The van der Waals surface area contributed by atoms with Crippen molar-refractivity contribution in [1.82, 2.24) is 19.8 Å². The lowest BCUT2D eigenvalue weighted by Gasteiger charge is -2.30. The molecule has 0 spiro atoms. The van der Waals surface area contributed by atoms with Gasteiger partial charge in [-0.3, -0.25) is 9.59 Å². The Kier molecular flexibility index (Phi) is 4.81. The number of piperidine rings is 1. The molecule has 7 nitrogen and oxygen atoms in total. The first-order chi connectivity index (χ1) is 14.6. The van der Waals surface area contributed by atoms with E-state index < -0.39 is 0 Å². The van der Waals surface area contributed by atoms with Crippen molar-refractivity contribution in [2.75, 3.05) is 26.2 Å². The van der Waals surface area contributed by atoms with Gasteiger partial charge < -0.3 is 19.2 Å². The predicted molar refractivity (Wildman–Crippen MR) is 113 cm³/mol. The van der Waals surface area contributed by atoms with E-state index in [1.54, 1.807) is 0 Å². The van der Waals surface area contributed by atoms with Crippen molar-refractivity contribution in [3.8, 4) is 0 Å². The number of oxazole rings is 1. The predicted octanol–water partition coefficient (Wildman–Crippen LogP) is 3.72. The van der Waals surface area contributed by atoms with Crippen molar-refractivity contribution in [2.45, 2.75) is 38.5 Å². The van der Waals surface area contributed by atoms with Crippen LogP contribution in [0.3, 0.4) is 0 Å². The van der Waals surface area contributed by atoms with E-state index in [1.165, 1.54) is 0 Å². The largest absolute Gasteiger partial charge is 0.445 e. The van der Waals surface area contributed by atoms with Gasteiger partial charge in [0.15, 0.2) is 11.6 Å². The number of nitrogens with zero attached hydrogens (tertiary/aromatic N) is 3. The molecule has 3 aromatic rings. The Bertz CT molecular complexity index is 1050. The minimum absolute atomic E-state index is 0.0218. The number of aryl methyl sites for hydroxylation is 1. The molecule has 0 atom stereocenters. The Morgan fingerprint density at radius 3 is 2.47 bits per heavy atom. The summed E-state index contributed by atoms with van der Waals surface area (Å²) in [6, 6.07) is 9.82. The van der Waals surface area contributed by atoms with Crippen LogP contribution in [0.25, 0.3) is 10.9 Å². The van der Waals surface area contributed by atoms with Crippen LogP contribution in [0, 0.1) is 6.92 Å². The maximum atomic E-state index is 12.9. The fourth-order valence-electron chi connectivity index (χ4n) is 4.55. The van der Waals surface area contributed by atoms with Gasteiger partial charge in [-0.25, -0.2) is 4.98 Å². The molecule has 0 saturated carbocycles. The number of nitrogens with one attached hydrogen (secondary N) is 1. The molecule has 0 bridgehead atoms. The molecule has 1 aromatic carbocycles. The standard InChI is InChI=1S/C23H26N4O3/c1-15-20(23(29)26-10-4-5-11-26)25-21(30-15)16-8-12-27(13-9-16)22(28)19-14-17-6-2-3-7-18(17)24-19/h2-3,6-7,14,16,24H,4-5,8-13H2,1H3. The third kappa shape index (κ3) is 3.38. The number of carbonyl (C=O) groups excluding carboxylic acids is 2. The Balaban J connectivity index is 1.25. The summed E-state index contributed by atoms with van der Waals surface area (Å²) in [5.41, 5.74) is 2.05. The lowest BCUT2D eigenvalue weighted by Crippen LogP contribution is -2.38. The van der Waals surface area contributed by atoms with Gasteiger partial charge in [0.2, 0.25) is 0 Å². The van der Waals surface area contributed by atoms with Gasteiger partial charge in [0.25, 0.3) is 11.8 Å². The number of rotatable bonds is 3. The molecule has 0 unspecified atom stereocenters. The van der Waals surface area contributed by atoms with Crippen molar-refractivity contribution >= 4 is 22.7 Å². The van der Waals surface area contributed by atoms with E-state index in [1.807, 2.05) is 47.1 Å². The lowest BCUT2D eigenvalue weighted by molar-refractivity contribution is 0.0700. The Morgan fingerprint density at radius 2 is 1.73 bits per heavy atom. The molecule has 156 valence electrons. The normalized spacial score (nSPS) is 17.8. The van der Waals surface area contributed by atoms with Gasteiger partial charge >= 0.3 is 0 Å². The number of para-hydroxylation sites is 1. The molecule has 7 heteroatoms. The maximum absolute atomic E-state index is 12.9. The van der Waals surface area contributed by atoms with Crippen LogP contribution in [-0.4, -0.2) is 57.8 Å². The third-order valence-corrected chi connectivity index (χ3v) is 6.30. The Labute approximate surface area is 175 Å². The molecule has 2 fully saturated rings. The van der Waals surface area contributed by atoms with E-state index >= 15 is 0 Å². The highest BCUT2D eigenvalue weighted by molar-refractivity contribution is 5.98. The summed E-state index contributed by atoms with van der Waals surface area (Å²) in [5.74, 6) is 1.37. The zero-order chi connectivity index (χ0) is 20.7. The first-order valence-electron chi connectivity index (χ1n) is 10.7. The van der Waals surface area contributed by atoms with E-state index in [9.17, 15) is 9.59 Å². The fourth-order valence-corrected chi connectivity index (χ4v) is 4.55. The van der Waals surface area contributed by atoms with Crippen LogP contribution in [0.4, 0.5) is 0 Å². The summed E-state index contributed by atoms with van der Waals surface area (Å²) in [6.45, 7) is 4.71. The zero-order valence-electron chi connectivity index (χ0n) is 17.2. The SMILES string of the molecule is Cc1oc(C2CCN(C(=O)c3cc4ccccc4[nH]3)CC2)nc1C(=O)N1CCCC1. The molecule has 0 aliphatic carbocycles. The summed E-state index contributed by atoms with van der Waals surface area (Å²) < 4.78 is 5.89. The summed E-state index contributed by atoms with van der Waals surface area (Å²) in [5, 5.41) is 1.04. The summed E-state index contributed by atoms with van der Waals surface area (Å²) in [4.78, 5) is 37.1. The topological polar surface area (TPSA) is 82.4 Å². The number of aromatic nitrogens is 2. The minimum Gasteiger partial charge on any atom is -0.445 e. The number of carbonyl (C=O) groups is 2. The number of hydrogen-bond donors (Lipinski definition) is 1. The smallest absolute Gasteiger partial charge is 0.276 e. The fraction of sp³-hybridized carbons (Fsp3) is 0.435. The van der Waals surface area contributed by atoms with Crippen molar-refractivity contribution in [2.24, 2.45) is 0 Å². The summed E-state index contributed by atoms with van der Waals surface area (Å²) in [6.07, 6.45) is 3.67. The van der Waals surface area contributed by atoms with Crippen molar-refractivity contribution in [1.29, 1.82) is 0 Å². The molecule has 2 aromatic heterocycles. The van der Waals surface area contributed by atoms with Crippen LogP contribution in [0.5, 0.6) is 0 Å². The van der Waals surface area contributed by atoms with Crippen LogP contribution in [0.15, 0.2) is 34.7 Å². The Hall–Kier alpha value is -3.09. The van der Waals surface area contributed by atoms with E-state index in [2.05, 4.69) is 9.97 Å². The molecular weight excluding hydrogens is 380 g/mol. The van der Waals surface area contributed by atoms with Gasteiger partial charge in [-0.1, -0.05) is 18.2 Å². The van der Waals surface area contributed by atoms with Crippen LogP contribution in [0.1, 0.15) is 64.2 Å². The number of amides is 2. The highest BCUT2D eigenvalue weighted by atomic mass is 16.4. The monoisotopic (exact) mass is 406 g/mol. The number of H-pyrrole nitrogens is 1. The lowest BCUT2D eigenvalue weighted by atomic mass is 9.96. The molecule has 2 amide bonds. The van der Waals surface area contributed by atoms with E-state index in [0.29, 0.717) is 36.1 Å². The summed E-state index contributed by atoms with van der Waals surface area (Å²) >= 11 is 0. The molecule has 5 rings (SSSR count). The second-order valence-corrected chi connectivity index (χ2v) is 8.29. The number of aromatic amines is 1. The number of benzene rings is 1. The van der Waals surface area contributed by atoms with E-state index in [-0.39, 0.29) is 17.7 Å². The quantitative estimate of drug-likeness (QED) is 0.719. The molecule has 30 heavy (non-hydrogen) atoms. The number of fused-ring (bicyclic) bond motifs is 1. The highest BCUT2D eigenvalue weighted by Crippen LogP contribution is 2.30. The molecular formula is C23H26N4O3. The van der Waals surface area contributed by atoms with Gasteiger partial charge in [0.1, 0.15) is 11.5 Å². The molecule has 2 aliphatic rings. The van der Waals surface area contributed by atoms with Gasteiger partial charge in [0.05, 0.1) is 0 Å². The first kappa shape index (κ1) is 18.9. The average molecular weight is 406 g/mol. The van der Waals surface area contributed by atoms with Crippen molar-refractivity contribution < 1.29 is 14.0 Å². The van der Waals surface area contributed by atoms with Crippen LogP contribution < -0.4 is 0 Å². The minimum atomic E-state index is -0.0218. The van der Waals surface area contributed by atoms with Gasteiger partial charge in [-0.2, -0.15) is 0 Å². The van der Waals surface area contributed by atoms with Gasteiger partial charge in [0, 0.05) is 43.0 Å². The Morgan fingerprint density at radius 1 is 1.03 bits per heavy atom. The highest BCUT2D eigenvalue weighted by Gasteiger charge is 2.31. The van der Waals surface area contributed by atoms with E-state index in [4.69, 9.17) is 4.42 Å². The molecule has 0 radical (unpaired) electrons. The van der Waals surface area contributed by atoms with Crippen molar-refractivity contribution in [3.63, 3.8) is 0 Å². The molecule has 2 saturated heterocycles. The van der Waals surface area contributed by atoms with E-state index in [0.717, 1.165) is 49.7 Å². The number of likely N-dealkylation sites (tertiary alicyclic amines) is 2. The average Bonchev–Trinajstić information content (AvgIpc) is 3.52. The second-order valence-electron chi connectivity index (χ2n) is 8.29. The first-order valence-corrected chi connectivity index (χ1v) is 10.7. The van der Waals surface area contributed by atoms with Gasteiger partial charge in [-0.15, -0.1) is 0 Å². The maximum Gasteiger partial charge on any atom is 0.276 e. The van der Waals surface area contributed by atoms with Crippen LogP contribution in [-0.2, 0) is 0 Å². The third-order valence-electron chi connectivity index (χ3n) is 6.30.